The Hall–Kier alpha value is -3.69. The van der Waals surface area contributed by atoms with Crippen LogP contribution in [0.1, 0.15) is 10.4 Å². The van der Waals surface area contributed by atoms with E-state index in [1.807, 2.05) is 29.2 Å². The van der Waals surface area contributed by atoms with Crippen LogP contribution < -0.4 is 21.3 Å². The number of aromatic nitrogens is 3. The maximum atomic E-state index is 14.8. The van der Waals surface area contributed by atoms with Crippen LogP contribution in [0, 0.1) is 5.82 Å². The molecule has 2 aromatic carbocycles. The van der Waals surface area contributed by atoms with Crippen molar-refractivity contribution in [2.45, 2.75) is 0 Å². The molecule has 1 aliphatic rings. The minimum absolute atomic E-state index is 0.238. The molecule has 0 atom stereocenters. The minimum Gasteiger partial charge on any atom is -0.367 e. The van der Waals surface area contributed by atoms with Gasteiger partial charge in [0.2, 0.25) is 5.95 Å². The molecule has 10 heteroatoms. The van der Waals surface area contributed by atoms with Gasteiger partial charge in [-0.05, 0) is 24.3 Å². The van der Waals surface area contributed by atoms with Gasteiger partial charge in [-0.1, -0.05) is 29.8 Å². The van der Waals surface area contributed by atoms with Crippen LogP contribution in [-0.4, -0.2) is 46.6 Å². The lowest BCUT2D eigenvalue weighted by atomic mass is 10.2. The molecule has 4 aromatic rings. The third kappa shape index (κ3) is 4.08. The Labute approximate surface area is 194 Å². The smallest absolute Gasteiger partial charge is 0.250 e. The second kappa shape index (κ2) is 8.68. The summed E-state index contributed by atoms with van der Waals surface area (Å²) in [7, 11) is 0. The Bertz CT molecular complexity index is 1350. The molecule has 0 unspecified atom stereocenters. The predicted molar refractivity (Wildman–Crippen MR) is 127 cm³/mol. The molecule has 0 bridgehead atoms. The molecule has 33 heavy (non-hydrogen) atoms. The van der Waals surface area contributed by atoms with Crippen molar-refractivity contribution in [3.8, 4) is 5.82 Å². The summed E-state index contributed by atoms with van der Waals surface area (Å²) in [5.74, 6) is -0.259. The highest BCUT2D eigenvalue weighted by atomic mass is 35.5. The molecule has 4 N–H and O–H groups in total. The van der Waals surface area contributed by atoms with Crippen molar-refractivity contribution < 1.29 is 9.18 Å². The van der Waals surface area contributed by atoms with Crippen LogP contribution in [0.3, 0.4) is 0 Å². The number of rotatable bonds is 5. The van der Waals surface area contributed by atoms with Gasteiger partial charge in [0.05, 0.1) is 23.0 Å². The first-order chi connectivity index (χ1) is 16.0. The largest absolute Gasteiger partial charge is 0.367 e. The number of fused-ring (bicyclic) bond motifs is 1. The molecule has 1 fully saturated rings. The Morgan fingerprint density at radius 1 is 1.18 bits per heavy atom. The molecular weight excluding hydrogens is 445 g/mol. The fourth-order valence-electron chi connectivity index (χ4n) is 4.01. The van der Waals surface area contributed by atoms with Gasteiger partial charge >= 0.3 is 0 Å². The molecule has 1 aliphatic heterocycles. The van der Waals surface area contributed by atoms with Gasteiger partial charge in [0.15, 0.2) is 5.82 Å². The number of benzene rings is 2. The number of nitrogens with one attached hydrogen (secondary N) is 2. The Balaban J connectivity index is 1.47. The fourth-order valence-corrected chi connectivity index (χ4v) is 4.20. The monoisotopic (exact) mass is 465 g/mol. The average molecular weight is 466 g/mol. The molecule has 0 saturated carbocycles. The highest BCUT2D eigenvalue weighted by Crippen LogP contribution is 2.29. The number of piperazine rings is 1. The maximum absolute atomic E-state index is 14.8. The third-order valence-corrected chi connectivity index (χ3v) is 5.86. The van der Waals surface area contributed by atoms with Crippen LogP contribution in [0.25, 0.3) is 16.7 Å². The summed E-state index contributed by atoms with van der Waals surface area (Å²) in [6.07, 6.45) is 3.06. The number of nitrogens with two attached hydrogens (primary N) is 1. The lowest BCUT2D eigenvalue weighted by Gasteiger charge is -2.29. The third-order valence-electron chi connectivity index (χ3n) is 5.59. The summed E-state index contributed by atoms with van der Waals surface area (Å²) in [5, 5.41) is 7.28. The summed E-state index contributed by atoms with van der Waals surface area (Å²) in [5.41, 5.74) is 7.71. The summed E-state index contributed by atoms with van der Waals surface area (Å²) >= 11 is 6.39. The molecule has 1 amide bonds. The molecule has 2 aromatic heterocycles. The van der Waals surface area contributed by atoms with Crippen molar-refractivity contribution in [1.82, 2.24) is 19.9 Å². The molecular formula is C23H21ClFN7O. The van der Waals surface area contributed by atoms with Crippen LogP contribution in [0.5, 0.6) is 0 Å². The number of hydrogen-bond acceptors (Lipinski definition) is 6. The zero-order chi connectivity index (χ0) is 22.9. The fraction of sp³-hybridized carbons (Fsp3) is 0.174. The maximum Gasteiger partial charge on any atom is 0.250 e. The Morgan fingerprint density at radius 3 is 2.73 bits per heavy atom. The highest BCUT2D eigenvalue weighted by molar-refractivity contribution is 6.32. The number of nitrogens with zero attached hydrogens (tertiary/aromatic N) is 4. The molecule has 5 rings (SSSR count). The molecule has 0 aliphatic carbocycles. The molecule has 3 heterocycles. The first kappa shape index (κ1) is 21.2. The number of carbonyl (C=O) groups is 1. The quantitative estimate of drug-likeness (QED) is 0.417. The topological polar surface area (TPSA) is 101 Å². The van der Waals surface area contributed by atoms with Gasteiger partial charge in [-0.2, -0.15) is 4.98 Å². The van der Waals surface area contributed by atoms with E-state index in [-0.39, 0.29) is 16.8 Å². The van der Waals surface area contributed by atoms with Crippen molar-refractivity contribution in [2.75, 3.05) is 36.4 Å². The van der Waals surface area contributed by atoms with E-state index < -0.39 is 5.91 Å². The normalized spacial score (nSPS) is 13.9. The minimum atomic E-state index is -0.548. The van der Waals surface area contributed by atoms with Gasteiger partial charge in [0, 0.05) is 43.4 Å². The van der Waals surface area contributed by atoms with Gasteiger partial charge in [-0.15, -0.1) is 0 Å². The Kier molecular flexibility index (Phi) is 5.57. The van der Waals surface area contributed by atoms with E-state index in [9.17, 15) is 9.18 Å². The number of para-hydroxylation sites is 1. The van der Waals surface area contributed by atoms with Crippen LogP contribution in [0.15, 0.2) is 54.9 Å². The van der Waals surface area contributed by atoms with E-state index in [1.54, 1.807) is 22.9 Å². The lowest BCUT2D eigenvalue weighted by Crippen LogP contribution is -2.43. The van der Waals surface area contributed by atoms with E-state index in [4.69, 9.17) is 17.3 Å². The van der Waals surface area contributed by atoms with E-state index in [0.29, 0.717) is 28.1 Å². The SMILES string of the molecule is NC(=O)c1cn(-c2nc(Nc3ccc(N4CCNCC4)c(F)c3)ncc2Cl)c2ccccc12. The second-order valence-electron chi connectivity index (χ2n) is 7.69. The number of amides is 1. The van der Waals surface area contributed by atoms with Crippen LogP contribution in [0.2, 0.25) is 5.02 Å². The van der Waals surface area contributed by atoms with Gasteiger partial charge in [0.25, 0.3) is 5.91 Å². The summed E-state index contributed by atoms with van der Waals surface area (Å²) in [4.78, 5) is 22.7. The number of anilines is 3. The highest BCUT2D eigenvalue weighted by Gasteiger charge is 2.18. The van der Waals surface area contributed by atoms with Crippen molar-refractivity contribution in [1.29, 1.82) is 0 Å². The van der Waals surface area contributed by atoms with E-state index in [1.165, 1.54) is 12.3 Å². The van der Waals surface area contributed by atoms with E-state index >= 15 is 0 Å². The number of hydrogen-bond donors (Lipinski definition) is 3. The van der Waals surface area contributed by atoms with Crippen molar-refractivity contribution in [3.05, 3.63) is 71.3 Å². The van der Waals surface area contributed by atoms with Crippen molar-refractivity contribution in [3.63, 3.8) is 0 Å². The van der Waals surface area contributed by atoms with Crippen molar-refractivity contribution in [2.24, 2.45) is 5.73 Å². The summed E-state index contributed by atoms with van der Waals surface area (Å²) in [6.45, 7) is 3.16. The van der Waals surface area contributed by atoms with Crippen LogP contribution in [0.4, 0.5) is 21.7 Å². The molecule has 0 radical (unpaired) electrons. The van der Waals surface area contributed by atoms with E-state index in [0.717, 1.165) is 31.7 Å². The van der Waals surface area contributed by atoms with Crippen molar-refractivity contribution >= 4 is 45.7 Å². The summed E-state index contributed by atoms with van der Waals surface area (Å²) in [6, 6.07) is 12.3. The van der Waals surface area contributed by atoms with E-state index in [2.05, 4.69) is 20.6 Å². The average Bonchev–Trinajstić information content (AvgIpc) is 3.21. The van der Waals surface area contributed by atoms with Gasteiger partial charge in [0.1, 0.15) is 10.8 Å². The summed E-state index contributed by atoms with van der Waals surface area (Å²) < 4.78 is 16.5. The lowest BCUT2D eigenvalue weighted by molar-refractivity contribution is 0.100. The molecule has 168 valence electrons. The number of halogens is 2. The molecule has 0 spiro atoms. The molecule has 8 nitrogen and oxygen atoms in total. The van der Waals surface area contributed by atoms with Gasteiger partial charge in [-0.3, -0.25) is 9.36 Å². The Morgan fingerprint density at radius 2 is 1.97 bits per heavy atom. The zero-order valence-electron chi connectivity index (χ0n) is 17.6. The predicted octanol–water partition coefficient (Wildman–Crippen LogP) is 3.47. The number of carbonyl (C=O) groups excluding carboxylic acids is 1. The zero-order valence-corrected chi connectivity index (χ0v) is 18.3. The molecule has 1 saturated heterocycles. The van der Waals surface area contributed by atoms with Gasteiger partial charge < -0.3 is 21.3 Å². The van der Waals surface area contributed by atoms with Crippen LogP contribution in [-0.2, 0) is 0 Å². The van der Waals surface area contributed by atoms with Gasteiger partial charge in [-0.25, -0.2) is 9.37 Å². The number of primary amides is 1. The first-order valence-corrected chi connectivity index (χ1v) is 10.8. The standard InChI is InChI=1S/C23H21ClFN7O/c24-17-12-28-23(29-14-5-6-20(18(25)11-14)31-9-7-27-8-10-31)30-22(17)32-13-16(21(26)33)15-3-1-2-4-19(15)32/h1-6,11-13,27H,7-10H2,(H2,26,33)(H,28,29,30). The first-order valence-electron chi connectivity index (χ1n) is 10.5. The van der Waals surface area contributed by atoms with Crippen LogP contribution >= 0.6 is 11.6 Å². The second-order valence-corrected chi connectivity index (χ2v) is 8.09.